The molecule has 0 bridgehead atoms. The van der Waals surface area contributed by atoms with Crippen molar-refractivity contribution in [2.75, 3.05) is 19.1 Å². The molecule has 0 saturated heterocycles. The van der Waals surface area contributed by atoms with Crippen molar-refractivity contribution in [2.45, 2.75) is 33.7 Å². The van der Waals surface area contributed by atoms with E-state index in [1.54, 1.807) is 11.9 Å². The van der Waals surface area contributed by atoms with E-state index in [9.17, 15) is 14.9 Å². The molecule has 1 aromatic rings. The maximum atomic E-state index is 11.6. The number of carbonyl (C=O) groups excluding carboxylic acids is 1. The Kier molecular flexibility index (Phi) is 4.88. The molecule has 7 nitrogen and oxygen atoms in total. The smallest absolute Gasteiger partial charge is 0.356 e. The number of rotatable bonds is 4. The Balaban J connectivity index is 3.36. The van der Waals surface area contributed by atoms with Gasteiger partial charge in [-0.1, -0.05) is 20.8 Å². The van der Waals surface area contributed by atoms with Gasteiger partial charge in [-0.3, -0.25) is 10.1 Å². The van der Waals surface area contributed by atoms with Crippen molar-refractivity contribution >= 4 is 17.5 Å². The van der Waals surface area contributed by atoms with Crippen molar-refractivity contribution in [3.63, 3.8) is 0 Å². The van der Waals surface area contributed by atoms with Crippen LogP contribution in [-0.2, 0) is 4.74 Å². The Morgan fingerprint density at radius 1 is 1.43 bits per heavy atom. The molecule has 0 aliphatic rings. The molecule has 0 aromatic carbocycles. The molecule has 21 heavy (non-hydrogen) atoms. The van der Waals surface area contributed by atoms with E-state index in [4.69, 9.17) is 0 Å². The Hall–Kier alpha value is -2.18. The molecular weight excluding hydrogens is 274 g/mol. The number of hydrogen-bond acceptors (Lipinski definition) is 6. The van der Waals surface area contributed by atoms with E-state index in [-0.39, 0.29) is 28.7 Å². The first kappa shape index (κ1) is 16.9. The number of aromatic nitrogens is 1. The minimum Gasteiger partial charge on any atom is -0.464 e. The number of methoxy groups -OCH3 is 1. The highest BCUT2D eigenvalue weighted by atomic mass is 16.6. The fraction of sp³-hybridized carbons (Fsp3) is 0.571. The molecule has 1 atom stereocenters. The van der Waals surface area contributed by atoms with E-state index in [0.29, 0.717) is 0 Å². The minimum atomic E-state index is -0.622. The minimum absolute atomic E-state index is 0.0170. The average Bonchev–Trinajstić information content (AvgIpc) is 2.42. The monoisotopic (exact) mass is 295 g/mol. The standard InChI is InChI=1S/C14H21N3O4/c1-9(14(2,3)4)16(5)12-11(17(19)20)8-7-10(15-12)13(18)21-6/h7-9H,1-6H3. The second kappa shape index (κ2) is 6.07. The van der Waals surface area contributed by atoms with Gasteiger partial charge in [0.25, 0.3) is 0 Å². The van der Waals surface area contributed by atoms with Gasteiger partial charge in [0.2, 0.25) is 5.82 Å². The van der Waals surface area contributed by atoms with Gasteiger partial charge in [-0.25, -0.2) is 9.78 Å². The van der Waals surface area contributed by atoms with Crippen molar-refractivity contribution < 1.29 is 14.5 Å². The summed E-state index contributed by atoms with van der Waals surface area (Å²) in [5.41, 5.74) is -0.196. The molecule has 0 spiro atoms. The molecule has 1 unspecified atom stereocenters. The lowest BCUT2D eigenvalue weighted by Crippen LogP contribution is -2.40. The third-order valence-corrected chi connectivity index (χ3v) is 3.61. The molecule has 0 amide bonds. The summed E-state index contributed by atoms with van der Waals surface area (Å²) in [5, 5.41) is 11.2. The summed E-state index contributed by atoms with van der Waals surface area (Å²) in [7, 11) is 2.97. The molecule has 116 valence electrons. The van der Waals surface area contributed by atoms with Gasteiger partial charge in [0.05, 0.1) is 12.0 Å². The van der Waals surface area contributed by atoms with Crippen LogP contribution in [0.3, 0.4) is 0 Å². The number of esters is 1. The number of nitrogens with zero attached hydrogens (tertiary/aromatic N) is 3. The normalized spacial score (nSPS) is 12.7. The van der Waals surface area contributed by atoms with Crippen LogP contribution in [0.25, 0.3) is 0 Å². The zero-order chi connectivity index (χ0) is 16.4. The largest absolute Gasteiger partial charge is 0.464 e. The van der Waals surface area contributed by atoms with Crippen LogP contribution in [0.1, 0.15) is 38.2 Å². The van der Waals surface area contributed by atoms with E-state index < -0.39 is 10.9 Å². The van der Waals surface area contributed by atoms with E-state index in [2.05, 4.69) is 9.72 Å². The van der Waals surface area contributed by atoms with Crippen LogP contribution in [0.15, 0.2) is 12.1 Å². The summed E-state index contributed by atoms with van der Waals surface area (Å²) in [6.07, 6.45) is 0. The van der Waals surface area contributed by atoms with Gasteiger partial charge in [-0.2, -0.15) is 0 Å². The quantitative estimate of drug-likeness (QED) is 0.482. The third kappa shape index (κ3) is 3.68. The Morgan fingerprint density at radius 2 is 2.00 bits per heavy atom. The number of ether oxygens (including phenoxy) is 1. The zero-order valence-electron chi connectivity index (χ0n) is 13.2. The lowest BCUT2D eigenvalue weighted by atomic mass is 9.87. The predicted molar refractivity (Wildman–Crippen MR) is 79.6 cm³/mol. The number of carbonyl (C=O) groups is 1. The summed E-state index contributed by atoms with van der Waals surface area (Å²) >= 11 is 0. The summed E-state index contributed by atoms with van der Waals surface area (Å²) in [5.74, 6) is -0.465. The van der Waals surface area contributed by atoms with Crippen molar-refractivity contribution in [1.82, 2.24) is 4.98 Å². The highest BCUT2D eigenvalue weighted by Crippen LogP contribution is 2.32. The van der Waals surface area contributed by atoms with Crippen molar-refractivity contribution in [3.05, 3.63) is 27.9 Å². The molecule has 0 radical (unpaired) electrons. The fourth-order valence-corrected chi connectivity index (χ4v) is 1.83. The topological polar surface area (TPSA) is 85.6 Å². The lowest BCUT2D eigenvalue weighted by molar-refractivity contribution is -0.384. The average molecular weight is 295 g/mol. The fourth-order valence-electron chi connectivity index (χ4n) is 1.83. The molecule has 0 aliphatic heterocycles. The number of pyridine rings is 1. The zero-order valence-corrected chi connectivity index (χ0v) is 13.2. The first-order chi connectivity index (χ1) is 9.59. The highest BCUT2D eigenvalue weighted by Gasteiger charge is 2.30. The molecule has 1 aromatic heterocycles. The SMILES string of the molecule is COC(=O)c1ccc([N+](=O)[O-])c(N(C)C(C)C(C)(C)C)n1. The summed E-state index contributed by atoms with van der Waals surface area (Å²) in [4.78, 5) is 28.1. The van der Waals surface area contributed by atoms with Crippen LogP contribution in [-0.4, -0.2) is 36.1 Å². The second-order valence-electron chi connectivity index (χ2n) is 5.94. The van der Waals surface area contributed by atoms with Crippen LogP contribution in [0.4, 0.5) is 11.5 Å². The summed E-state index contributed by atoms with van der Waals surface area (Å²) in [6.45, 7) is 8.05. The van der Waals surface area contributed by atoms with E-state index in [1.807, 2.05) is 27.7 Å². The van der Waals surface area contributed by atoms with E-state index >= 15 is 0 Å². The van der Waals surface area contributed by atoms with Crippen LogP contribution >= 0.6 is 0 Å². The number of anilines is 1. The maximum absolute atomic E-state index is 11.6. The Labute approximate surface area is 124 Å². The van der Waals surface area contributed by atoms with Gasteiger partial charge in [-0.15, -0.1) is 0 Å². The van der Waals surface area contributed by atoms with Crippen molar-refractivity contribution in [3.8, 4) is 0 Å². The Morgan fingerprint density at radius 3 is 2.43 bits per heavy atom. The van der Waals surface area contributed by atoms with Crippen molar-refractivity contribution in [1.29, 1.82) is 0 Å². The van der Waals surface area contributed by atoms with Gasteiger partial charge in [0.1, 0.15) is 0 Å². The molecule has 7 heteroatoms. The summed E-state index contributed by atoms with van der Waals surface area (Å²) < 4.78 is 4.61. The molecule has 0 fully saturated rings. The van der Waals surface area contributed by atoms with Crippen LogP contribution in [0, 0.1) is 15.5 Å². The van der Waals surface area contributed by atoms with Crippen LogP contribution < -0.4 is 4.90 Å². The lowest BCUT2D eigenvalue weighted by Gasteiger charge is -2.35. The summed E-state index contributed by atoms with van der Waals surface area (Å²) in [6, 6.07) is 2.56. The van der Waals surface area contributed by atoms with Crippen LogP contribution in [0.2, 0.25) is 0 Å². The van der Waals surface area contributed by atoms with Gasteiger partial charge in [0, 0.05) is 19.2 Å². The highest BCUT2D eigenvalue weighted by molar-refractivity contribution is 5.88. The van der Waals surface area contributed by atoms with Crippen molar-refractivity contribution in [2.24, 2.45) is 5.41 Å². The molecule has 0 aliphatic carbocycles. The third-order valence-electron chi connectivity index (χ3n) is 3.61. The molecule has 1 rings (SSSR count). The Bertz CT molecular complexity index is 552. The second-order valence-corrected chi connectivity index (χ2v) is 5.94. The predicted octanol–water partition coefficient (Wildman–Crippen LogP) is 2.65. The van der Waals surface area contributed by atoms with Gasteiger partial charge >= 0.3 is 11.7 Å². The molecule has 0 saturated carbocycles. The number of hydrogen-bond donors (Lipinski definition) is 0. The molecule has 0 N–H and O–H groups in total. The van der Waals surface area contributed by atoms with Gasteiger partial charge < -0.3 is 9.64 Å². The molecule has 1 heterocycles. The first-order valence-corrected chi connectivity index (χ1v) is 6.56. The van der Waals surface area contributed by atoms with Gasteiger partial charge in [0.15, 0.2) is 5.69 Å². The number of nitro groups is 1. The first-order valence-electron chi connectivity index (χ1n) is 6.56. The van der Waals surface area contributed by atoms with E-state index in [0.717, 1.165) is 0 Å². The maximum Gasteiger partial charge on any atom is 0.356 e. The van der Waals surface area contributed by atoms with Crippen LogP contribution in [0.5, 0.6) is 0 Å². The van der Waals surface area contributed by atoms with E-state index in [1.165, 1.54) is 19.2 Å². The van der Waals surface area contributed by atoms with Gasteiger partial charge in [-0.05, 0) is 18.4 Å². The molecular formula is C14H21N3O4.